The van der Waals surface area contributed by atoms with Crippen molar-refractivity contribution in [2.24, 2.45) is 5.41 Å². The summed E-state index contributed by atoms with van der Waals surface area (Å²) in [7, 11) is 0. The van der Waals surface area contributed by atoms with E-state index in [1.54, 1.807) is 17.4 Å². The molecule has 2 aromatic carbocycles. The molecule has 146 valence electrons. The van der Waals surface area contributed by atoms with E-state index in [4.69, 9.17) is 4.98 Å². The zero-order valence-electron chi connectivity index (χ0n) is 15.7. The van der Waals surface area contributed by atoms with Crippen molar-refractivity contribution in [1.82, 2.24) is 9.88 Å². The molecular weight excluding hydrogens is 376 g/mol. The fraction of sp³-hybridized carbons (Fsp3) is 0.409. The monoisotopic (exact) mass is 399 g/mol. The van der Waals surface area contributed by atoms with Crippen molar-refractivity contribution in [3.63, 3.8) is 0 Å². The third kappa shape index (κ3) is 3.40. The van der Waals surface area contributed by atoms with Crippen LogP contribution in [0.3, 0.4) is 0 Å². The lowest BCUT2D eigenvalue weighted by molar-refractivity contribution is 0.0991. The standard InChI is InChI=1S/C22H23F2N3S/c23-17-7-6-16(12-18(17)24)13-26-10-3-8-22(14-26)9-11-27(15-22)21-25-19-4-1-2-5-20(19)28-21/h1-2,4-7,12H,3,8-11,13-15H2/t22-/m0/s1. The van der Waals surface area contributed by atoms with E-state index in [9.17, 15) is 8.78 Å². The van der Waals surface area contributed by atoms with Gasteiger partial charge in [-0.2, -0.15) is 0 Å². The largest absolute Gasteiger partial charge is 0.347 e. The van der Waals surface area contributed by atoms with Gasteiger partial charge in [-0.05, 0) is 55.6 Å². The summed E-state index contributed by atoms with van der Waals surface area (Å²) in [5, 5.41) is 1.12. The number of nitrogens with zero attached hydrogens (tertiary/aromatic N) is 3. The summed E-state index contributed by atoms with van der Waals surface area (Å²) < 4.78 is 28.0. The summed E-state index contributed by atoms with van der Waals surface area (Å²) in [5.74, 6) is -1.53. The predicted octanol–water partition coefficient (Wildman–Crippen LogP) is 5.07. The molecular formula is C22H23F2N3S. The molecule has 2 fully saturated rings. The summed E-state index contributed by atoms with van der Waals surface area (Å²) in [6.07, 6.45) is 3.54. The van der Waals surface area contributed by atoms with Crippen LogP contribution in [0.2, 0.25) is 0 Å². The molecule has 5 rings (SSSR count). The van der Waals surface area contributed by atoms with Gasteiger partial charge in [-0.25, -0.2) is 13.8 Å². The van der Waals surface area contributed by atoms with Crippen molar-refractivity contribution in [3.8, 4) is 0 Å². The lowest BCUT2D eigenvalue weighted by Crippen LogP contribution is -2.44. The molecule has 2 aliphatic heterocycles. The Kier molecular flexibility index (Phi) is 4.56. The molecule has 0 N–H and O–H groups in total. The van der Waals surface area contributed by atoms with E-state index in [1.165, 1.54) is 23.3 Å². The molecule has 6 heteroatoms. The molecule has 28 heavy (non-hydrogen) atoms. The van der Waals surface area contributed by atoms with Crippen LogP contribution in [-0.2, 0) is 6.54 Å². The molecule has 0 unspecified atom stereocenters. The topological polar surface area (TPSA) is 19.4 Å². The highest BCUT2D eigenvalue weighted by Crippen LogP contribution is 2.42. The van der Waals surface area contributed by atoms with Crippen LogP contribution in [0, 0.1) is 17.0 Å². The van der Waals surface area contributed by atoms with Crippen LogP contribution >= 0.6 is 11.3 Å². The quantitative estimate of drug-likeness (QED) is 0.613. The van der Waals surface area contributed by atoms with E-state index in [0.29, 0.717) is 6.54 Å². The molecule has 0 saturated carbocycles. The Labute approximate surface area is 167 Å². The normalized spacial score (nSPS) is 23.1. The number of piperidine rings is 1. The average Bonchev–Trinajstić information content (AvgIpc) is 3.29. The summed E-state index contributed by atoms with van der Waals surface area (Å²) in [5.41, 5.74) is 2.19. The highest BCUT2D eigenvalue weighted by molar-refractivity contribution is 7.22. The maximum Gasteiger partial charge on any atom is 0.186 e. The second kappa shape index (κ2) is 7.08. The van der Waals surface area contributed by atoms with E-state index >= 15 is 0 Å². The number of hydrogen-bond donors (Lipinski definition) is 0. The Morgan fingerprint density at radius 1 is 1.00 bits per heavy atom. The first-order chi connectivity index (χ1) is 13.6. The molecule has 0 aliphatic carbocycles. The van der Waals surface area contributed by atoms with Crippen LogP contribution < -0.4 is 4.90 Å². The molecule has 1 aromatic heterocycles. The smallest absolute Gasteiger partial charge is 0.186 e. The molecule has 2 saturated heterocycles. The highest BCUT2D eigenvalue weighted by Gasteiger charge is 2.42. The van der Waals surface area contributed by atoms with E-state index in [1.807, 2.05) is 6.07 Å². The van der Waals surface area contributed by atoms with Crippen molar-refractivity contribution in [1.29, 1.82) is 0 Å². The third-order valence-electron chi connectivity index (χ3n) is 6.12. The predicted molar refractivity (Wildman–Crippen MR) is 110 cm³/mol. The lowest BCUT2D eigenvalue weighted by atomic mass is 9.79. The number of likely N-dealkylation sites (tertiary alicyclic amines) is 1. The van der Waals surface area contributed by atoms with Gasteiger partial charge in [0.1, 0.15) is 0 Å². The van der Waals surface area contributed by atoms with Gasteiger partial charge < -0.3 is 4.90 Å². The molecule has 0 bridgehead atoms. The molecule has 3 aromatic rings. The number of benzene rings is 2. The maximum absolute atomic E-state index is 13.5. The molecule has 1 spiro atoms. The Bertz CT molecular complexity index is 971. The maximum atomic E-state index is 13.5. The molecule has 3 nitrogen and oxygen atoms in total. The average molecular weight is 400 g/mol. The number of anilines is 1. The molecule has 2 aliphatic rings. The van der Waals surface area contributed by atoms with Gasteiger partial charge in [0.2, 0.25) is 0 Å². The summed E-state index contributed by atoms with van der Waals surface area (Å²) in [6, 6.07) is 12.6. The van der Waals surface area contributed by atoms with Gasteiger partial charge in [-0.15, -0.1) is 0 Å². The van der Waals surface area contributed by atoms with Gasteiger partial charge in [0.15, 0.2) is 16.8 Å². The van der Waals surface area contributed by atoms with E-state index in [0.717, 1.165) is 55.2 Å². The number of hydrogen-bond acceptors (Lipinski definition) is 4. The fourth-order valence-corrected chi connectivity index (χ4v) is 5.76. The first-order valence-corrected chi connectivity index (χ1v) is 10.7. The minimum atomic E-state index is -0.777. The minimum absolute atomic E-state index is 0.272. The van der Waals surface area contributed by atoms with Crippen LogP contribution in [0.4, 0.5) is 13.9 Å². The Morgan fingerprint density at radius 3 is 2.75 bits per heavy atom. The Morgan fingerprint density at radius 2 is 1.89 bits per heavy atom. The summed E-state index contributed by atoms with van der Waals surface area (Å²) in [6.45, 7) is 4.77. The highest BCUT2D eigenvalue weighted by atomic mass is 32.1. The van der Waals surface area contributed by atoms with Crippen molar-refractivity contribution >= 4 is 26.7 Å². The lowest BCUT2D eigenvalue weighted by Gasteiger charge is -2.40. The number of thiazole rings is 1. The summed E-state index contributed by atoms with van der Waals surface area (Å²) in [4.78, 5) is 9.67. The van der Waals surface area contributed by atoms with Gasteiger partial charge in [-0.1, -0.05) is 29.5 Å². The summed E-state index contributed by atoms with van der Waals surface area (Å²) >= 11 is 1.77. The van der Waals surface area contributed by atoms with Crippen LogP contribution in [-0.4, -0.2) is 36.1 Å². The van der Waals surface area contributed by atoms with E-state index < -0.39 is 11.6 Å². The van der Waals surface area contributed by atoms with E-state index in [-0.39, 0.29) is 5.41 Å². The molecule has 1 atom stereocenters. The SMILES string of the molecule is Fc1ccc(CN2CCC[C@]3(CCN(c4nc5ccccc5s4)C3)C2)cc1F. The number of fused-ring (bicyclic) bond motifs is 1. The zero-order chi connectivity index (χ0) is 19.1. The minimum Gasteiger partial charge on any atom is -0.347 e. The van der Waals surface area contributed by atoms with Crippen LogP contribution in [0.15, 0.2) is 42.5 Å². The Balaban J connectivity index is 1.29. The van der Waals surface area contributed by atoms with Gasteiger partial charge in [0.25, 0.3) is 0 Å². The van der Waals surface area contributed by atoms with Crippen LogP contribution in [0.5, 0.6) is 0 Å². The van der Waals surface area contributed by atoms with Crippen LogP contribution in [0.1, 0.15) is 24.8 Å². The molecule has 3 heterocycles. The second-order valence-corrected chi connectivity index (χ2v) is 9.21. The molecule has 0 radical (unpaired) electrons. The number of para-hydroxylation sites is 1. The first kappa shape index (κ1) is 18.0. The van der Waals surface area contributed by atoms with Crippen LogP contribution in [0.25, 0.3) is 10.2 Å². The number of halogens is 2. The second-order valence-electron chi connectivity index (χ2n) is 8.20. The van der Waals surface area contributed by atoms with Gasteiger partial charge in [0.05, 0.1) is 10.2 Å². The number of aromatic nitrogens is 1. The van der Waals surface area contributed by atoms with E-state index in [2.05, 4.69) is 28.0 Å². The third-order valence-corrected chi connectivity index (χ3v) is 7.22. The van der Waals surface area contributed by atoms with Gasteiger partial charge in [0, 0.05) is 31.6 Å². The van der Waals surface area contributed by atoms with Gasteiger partial charge >= 0.3 is 0 Å². The number of rotatable bonds is 3. The van der Waals surface area contributed by atoms with Crippen molar-refractivity contribution in [3.05, 3.63) is 59.7 Å². The van der Waals surface area contributed by atoms with Crippen molar-refractivity contribution in [2.75, 3.05) is 31.1 Å². The van der Waals surface area contributed by atoms with Gasteiger partial charge in [-0.3, -0.25) is 4.90 Å². The fourth-order valence-electron chi connectivity index (χ4n) is 4.77. The molecule has 0 amide bonds. The van der Waals surface area contributed by atoms with Crippen molar-refractivity contribution < 1.29 is 8.78 Å². The Hall–Kier alpha value is -2.05. The first-order valence-electron chi connectivity index (χ1n) is 9.87. The zero-order valence-corrected chi connectivity index (χ0v) is 16.5. The van der Waals surface area contributed by atoms with Crippen molar-refractivity contribution in [2.45, 2.75) is 25.8 Å².